The lowest BCUT2D eigenvalue weighted by molar-refractivity contribution is -0.117. The maximum absolute atomic E-state index is 15.3. The van der Waals surface area contributed by atoms with Crippen LogP contribution in [-0.2, 0) is 21.3 Å². The molecule has 2 amide bonds. The summed E-state index contributed by atoms with van der Waals surface area (Å²) in [5.41, 5.74) is 2.21. The van der Waals surface area contributed by atoms with E-state index in [-0.39, 0.29) is 45.8 Å². The van der Waals surface area contributed by atoms with E-state index < -0.39 is 45.2 Å². The molecular weight excluding hydrogens is 681 g/mol. The van der Waals surface area contributed by atoms with Crippen molar-refractivity contribution in [3.8, 4) is 11.1 Å². The second-order valence-corrected chi connectivity index (χ2v) is 14.7. The zero-order chi connectivity index (χ0) is 35.2. The zero-order valence-electron chi connectivity index (χ0n) is 26.4. The summed E-state index contributed by atoms with van der Waals surface area (Å²) in [4.78, 5) is 26.2. The van der Waals surface area contributed by atoms with Crippen molar-refractivity contribution >= 4 is 56.9 Å². The summed E-state index contributed by atoms with van der Waals surface area (Å²) < 4.78 is 61.3. The molecule has 0 fully saturated rings. The molecule has 3 N–H and O–H groups in total. The molecule has 12 heteroatoms. The average Bonchev–Trinajstić information content (AvgIpc) is 3.00. The first kappa shape index (κ1) is 36.7. The van der Waals surface area contributed by atoms with Crippen LogP contribution in [0.5, 0.6) is 0 Å². The molecule has 0 radical (unpaired) electrons. The molecule has 4 aromatic rings. The van der Waals surface area contributed by atoms with Gasteiger partial charge in [0, 0.05) is 39.3 Å². The Bertz CT molecular complexity index is 1940. The van der Waals surface area contributed by atoms with E-state index in [2.05, 4.69) is 37.5 Å². The Morgan fingerprint density at radius 3 is 2.17 bits per heavy atom. The number of halogens is 4. The van der Waals surface area contributed by atoms with Gasteiger partial charge in [-0.3, -0.25) is 14.1 Å². The first-order chi connectivity index (χ1) is 22.5. The fourth-order valence-corrected chi connectivity index (χ4v) is 5.62. The third-order valence-corrected chi connectivity index (χ3v) is 8.54. The quantitative estimate of drug-likeness (QED) is 0.135. The predicted molar refractivity (Wildman–Crippen MR) is 187 cm³/mol. The number of rotatable bonds is 11. The molecule has 0 saturated heterocycles. The van der Waals surface area contributed by atoms with Crippen LogP contribution >= 0.6 is 23.2 Å². The molecule has 1 atom stereocenters. The van der Waals surface area contributed by atoms with Gasteiger partial charge < -0.3 is 10.6 Å². The van der Waals surface area contributed by atoms with Gasteiger partial charge in [0.05, 0.1) is 17.4 Å². The van der Waals surface area contributed by atoms with Crippen LogP contribution in [0.3, 0.4) is 0 Å². The van der Waals surface area contributed by atoms with Gasteiger partial charge >= 0.3 is 0 Å². The van der Waals surface area contributed by atoms with E-state index in [1.165, 1.54) is 30.3 Å². The highest BCUT2D eigenvalue weighted by molar-refractivity contribution is 7.85. The fourth-order valence-electron chi connectivity index (χ4n) is 4.75. The molecule has 0 spiro atoms. The number of carbonyl (C=O) groups excluding carboxylic acids is 2. The number of hydrogen-bond donors (Lipinski definition) is 3. The third kappa shape index (κ3) is 10.5. The lowest BCUT2D eigenvalue weighted by atomic mass is 9.89. The average molecular weight is 716 g/mol. The number of benzene rings is 4. The summed E-state index contributed by atoms with van der Waals surface area (Å²) >= 11 is 12.2. The number of anilines is 1. The van der Waals surface area contributed by atoms with Crippen molar-refractivity contribution in [2.75, 3.05) is 17.6 Å². The van der Waals surface area contributed by atoms with Crippen LogP contribution < -0.4 is 10.6 Å². The number of hydrogen-bond acceptors (Lipinski definition) is 4. The van der Waals surface area contributed by atoms with E-state index in [1.807, 2.05) is 18.2 Å². The Morgan fingerprint density at radius 1 is 0.896 bits per heavy atom. The maximum atomic E-state index is 15.3. The molecular formula is C36H34Cl2F2N2O5S. The van der Waals surface area contributed by atoms with Crippen LogP contribution in [0.4, 0.5) is 14.5 Å². The molecule has 7 nitrogen and oxygen atoms in total. The smallest absolute Gasteiger partial charge is 0.266 e. The molecule has 48 heavy (non-hydrogen) atoms. The molecule has 4 aromatic carbocycles. The number of amides is 2. The molecule has 0 aromatic heterocycles. The number of carbonyl (C=O) groups is 2. The van der Waals surface area contributed by atoms with Crippen molar-refractivity contribution in [2.24, 2.45) is 5.41 Å². The highest BCUT2D eigenvalue weighted by atomic mass is 35.5. The minimum atomic E-state index is -4.23. The van der Waals surface area contributed by atoms with Gasteiger partial charge in [-0.2, -0.15) is 8.42 Å². The molecule has 0 heterocycles. The van der Waals surface area contributed by atoms with E-state index in [0.29, 0.717) is 16.1 Å². The first-order valence-corrected chi connectivity index (χ1v) is 17.2. The van der Waals surface area contributed by atoms with Crippen molar-refractivity contribution in [3.63, 3.8) is 0 Å². The van der Waals surface area contributed by atoms with E-state index in [0.717, 1.165) is 17.7 Å². The Kier molecular flexibility index (Phi) is 11.8. The summed E-state index contributed by atoms with van der Waals surface area (Å²) in [6.45, 7) is 5.95. The first-order valence-electron chi connectivity index (χ1n) is 14.9. The van der Waals surface area contributed by atoms with Gasteiger partial charge in [0.25, 0.3) is 16.0 Å². The van der Waals surface area contributed by atoms with Crippen LogP contribution in [0.2, 0.25) is 10.0 Å². The molecule has 0 saturated carbocycles. The number of allylic oxidation sites excluding steroid dienone is 1. The highest BCUT2D eigenvalue weighted by Gasteiger charge is 2.24. The Hall–Kier alpha value is -4.09. The molecule has 4 rings (SSSR count). The minimum Gasteiger partial charge on any atom is -0.351 e. The normalized spacial score (nSPS) is 12.6. The maximum Gasteiger partial charge on any atom is 0.266 e. The minimum absolute atomic E-state index is 0.0333. The van der Waals surface area contributed by atoms with Crippen LogP contribution in [-0.4, -0.2) is 37.1 Å². The Labute approximate surface area is 288 Å². The Morgan fingerprint density at radius 2 is 1.56 bits per heavy atom. The third-order valence-electron chi connectivity index (χ3n) is 7.27. The summed E-state index contributed by atoms with van der Waals surface area (Å²) in [5.74, 6) is -4.26. The van der Waals surface area contributed by atoms with Gasteiger partial charge in [-0.25, -0.2) is 8.78 Å². The second-order valence-electron chi connectivity index (χ2n) is 12.3. The molecule has 1 unspecified atom stereocenters. The van der Waals surface area contributed by atoms with Gasteiger partial charge in [0.1, 0.15) is 11.6 Å². The molecule has 0 bridgehead atoms. The monoisotopic (exact) mass is 714 g/mol. The van der Waals surface area contributed by atoms with E-state index in [4.69, 9.17) is 27.8 Å². The van der Waals surface area contributed by atoms with Gasteiger partial charge in [-0.05, 0) is 58.9 Å². The Balaban J connectivity index is 1.60. The van der Waals surface area contributed by atoms with Gasteiger partial charge in [-0.15, -0.1) is 0 Å². The molecule has 0 aliphatic carbocycles. The predicted octanol–water partition coefficient (Wildman–Crippen LogP) is 8.58. The second kappa shape index (κ2) is 15.4. The van der Waals surface area contributed by atoms with Gasteiger partial charge in [0.2, 0.25) is 5.91 Å². The van der Waals surface area contributed by atoms with E-state index >= 15 is 8.78 Å². The van der Waals surface area contributed by atoms with Gasteiger partial charge in [-0.1, -0.05) is 98.6 Å². The summed E-state index contributed by atoms with van der Waals surface area (Å²) in [5, 5.41) is 5.43. The van der Waals surface area contributed by atoms with Crippen molar-refractivity contribution in [3.05, 3.63) is 129 Å². The molecule has 252 valence electrons. The summed E-state index contributed by atoms with van der Waals surface area (Å²) in [7, 11) is -4.23. The highest BCUT2D eigenvalue weighted by Crippen LogP contribution is 2.35. The van der Waals surface area contributed by atoms with Crippen molar-refractivity contribution < 1.29 is 31.3 Å². The van der Waals surface area contributed by atoms with Crippen LogP contribution in [0.1, 0.15) is 53.7 Å². The lowest BCUT2D eigenvalue weighted by Crippen LogP contribution is -2.28. The summed E-state index contributed by atoms with van der Waals surface area (Å²) in [6.07, 6.45) is 4.19. The SMILES string of the molecule is CC(C)(C)C=Cc1ccc(C(Cc2ccc(C(=O)NCCS(=O)(=O)O)cc2)C(=O)Nc2cc(F)c(-c3ccc(Cl)cc3Cl)cc2F)cc1. The largest absolute Gasteiger partial charge is 0.351 e. The zero-order valence-corrected chi connectivity index (χ0v) is 28.7. The van der Waals surface area contributed by atoms with Crippen molar-refractivity contribution in [1.82, 2.24) is 5.32 Å². The van der Waals surface area contributed by atoms with Gasteiger partial charge in [0.15, 0.2) is 0 Å². The van der Waals surface area contributed by atoms with E-state index in [9.17, 15) is 18.0 Å². The standard InChI is InChI=1S/C36H34Cl2F2N2O5S/c1-36(2,3)15-14-22-4-8-24(9-5-22)28(18-23-6-10-25(11-7-23)34(43)41-16-17-48(45,46)47)35(44)42-33-21-31(39)29(20-32(33)40)27-13-12-26(37)19-30(27)38/h4-15,19-21,28H,16-18H2,1-3H3,(H,41,43)(H,42,44)(H,45,46,47). The van der Waals surface area contributed by atoms with Crippen LogP contribution in [0, 0.1) is 17.0 Å². The van der Waals surface area contributed by atoms with Crippen molar-refractivity contribution in [2.45, 2.75) is 33.1 Å². The number of nitrogens with one attached hydrogen (secondary N) is 2. The lowest BCUT2D eigenvalue weighted by Gasteiger charge is -2.19. The van der Waals surface area contributed by atoms with Crippen molar-refractivity contribution in [1.29, 1.82) is 0 Å². The van der Waals surface area contributed by atoms with Crippen LogP contribution in [0.25, 0.3) is 17.2 Å². The van der Waals surface area contributed by atoms with Crippen LogP contribution in [0.15, 0.2) is 84.9 Å². The topological polar surface area (TPSA) is 113 Å². The molecule has 0 aliphatic rings. The summed E-state index contributed by atoms with van der Waals surface area (Å²) in [6, 6.07) is 19.9. The molecule has 0 aliphatic heterocycles. The van der Waals surface area contributed by atoms with E-state index in [1.54, 1.807) is 24.3 Å². The fraction of sp³-hybridized carbons (Fsp3) is 0.222.